The molecule has 5 heteroatoms. The molecule has 2 aromatic rings. The molecule has 0 radical (unpaired) electrons. The number of benzene rings is 2. The zero-order chi connectivity index (χ0) is 15.4. The Labute approximate surface area is 136 Å². The molecule has 0 saturated heterocycles. The van der Waals surface area contributed by atoms with E-state index < -0.39 is 11.9 Å². The summed E-state index contributed by atoms with van der Waals surface area (Å²) in [6, 6.07) is 9.85. The van der Waals surface area contributed by atoms with Crippen molar-refractivity contribution in [2.45, 2.75) is 19.4 Å². The van der Waals surface area contributed by atoms with Gasteiger partial charge in [0.25, 0.3) is 0 Å². The Hall–Kier alpha value is -1.10. The fourth-order valence-electron chi connectivity index (χ4n) is 2.10. The van der Waals surface area contributed by atoms with Gasteiger partial charge in [0.05, 0.1) is 12.7 Å². The highest BCUT2D eigenvalue weighted by atomic mass is 79.9. The summed E-state index contributed by atoms with van der Waals surface area (Å²) in [5.74, 6) is 0.162. The van der Waals surface area contributed by atoms with Crippen LogP contribution in [0, 0.1) is 5.82 Å². The average Bonchev–Trinajstić information content (AvgIpc) is 2.45. The summed E-state index contributed by atoms with van der Waals surface area (Å²) < 4.78 is 20.1. The smallest absolute Gasteiger partial charge is 0.127 e. The van der Waals surface area contributed by atoms with E-state index >= 15 is 0 Å². The van der Waals surface area contributed by atoms with Crippen LogP contribution < -0.4 is 4.74 Å². The molecular formula is C16H15BrClFO2. The van der Waals surface area contributed by atoms with Crippen LogP contribution >= 0.6 is 27.5 Å². The van der Waals surface area contributed by atoms with E-state index in [1.165, 1.54) is 12.1 Å². The third-order valence-corrected chi connectivity index (χ3v) is 3.94. The molecule has 0 aliphatic carbocycles. The van der Waals surface area contributed by atoms with Gasteiger partial charge in [0.1, 0.15) is 11.6 Å². The lowest BCUT2D eigenvalue weighted by Crippen LogP contribution is -2.07. The molecule has 21 heavy (non-hydrogen) atoms. The standard InChI is InChI=1S/C16H15BrClFO2/c1-2-21-16-7-6-10(17)8-12(16)15(20)9-11-13(18)4-3-5-14(11)19/h3-8,15,20H,2,9H2,1H3. The Morgan fingerprint density at radius 3 is 2.76 bits per heavy atom. The van der Waals surface area contributed by atoms with Gasteiger partial charge in [0.15, 0.2) is 0 Å². The van der Waals surface area contributed by atoms with Crippen LogP contribution in [-0.4, -0.2) is 11.7 Å². The molecule has 2 aromatic carbocycles. The molecule has 0 amide bonds. The summed E-state index contributed by atoms with van der Waals surface area (Å²) in [5.41, 5.74) is 0.902. The number of ether oxygens (including phenoxy) is 1. The van der Waals surface area contributed by atoms with Crippen molar-refractivity contribution in [3.8, 4) is 5.75 Å². The van der Waals surface area contributed by atoms with E-state index in [4.69, 9.17) is 16.3 Å². The van der Waals surface area contributed by atoms with Crippen LogP contribution in [0.4, 0.5) is 4.39 Å². The maximum absolute atomic E-state index is 13.8. The van der Waals surface area contributed by atoms with Gasteiger partial charge in [-0.1, -0.05) is 33.6 Å². The average molecular weight is 374 g/mol. The van der Waals surface area contributed by atoms with Gasteiger partial charge in [-0.15, -0.1) is 0 Å². The molecular weight excluding hydrogens is 359 g/mol. The Kier molecular flexibility index (Phi) is 5.62. The fourth-order valence-corrected chi connectivity index (χ4v) is 2.72. The van der Waals surface area contributed by atoms with Crippen molar-refractivity contribution in [1.29, 1.82) is 0 Å². The number of rotatable bonds is 5. The normalized spacial score (nSPS) is 12.2. The van der Waals surface area contributed by atoms with Crippen LogP contribution in [0.25, 0.3) is 0 Å². The summed E-state index contributed by atoms with van der Waals surface area (Å²) in [6.07, 6.45) is -0.819. The van der Waals surface area contributed by atoms with E-state index in [1.807, 2.05) is 13.0 Å². The Morgan fingerprint density at radius 1 is 1.33 bits per heavy atom. The monoisotopic (exact) mass is 372 g/mol. The number of aliphatic hydroxyl groups is 1. The third kappa shape index (κ3) is 3.96. The van der Waals surface area contributed by atoms with Crippen molar-refractivity contribution >= 4 is 27.5 Å². The highest BCUT2D eigenvalue weighted by molar-refractivity contribution is 9.10. The second-order valence-electron chi connectivity index (χ2n) is 4.54. The zero-order valence-electron chi connectivity index (χ0n) is 11.4. The van der Waals surface area contributed by atoms with Gasteiger partial charge >= 0.3 is 0 Å². The predicted molar refractivity (Wildman–Crippen MR) is 85.4 cm³/mol. The minimum Gasteiger partial charge on any atom is -0.493 e. The van der Waals surface area contributed by atoms with Crippen LogP contribution in [0.15, 0.2) is 40.9 Å². The van der Waals surface area contributed by atoms with Gasteiger partial charge in [-0.25, -0.2) is 4.39 Å². The molecule has 0 aromatic heterocycles. The van der Waals surface area contributed by atoms with Crippen molar-refractivity contribution in [2.24, 2.45) is 0 Å². The molecule has 112 valence electrons. The van der Waals surface area contributed by atoms with Crippen molar-refractivity contribution in [1.82, 2.24) is 0 Å². The van der Waals surface area contributed by atoms with E-state index in [9.17, 15) is 9.50 Å². The SMILES string of the molecule is CCOc1ccc(Br)cc1C(O)Cc1c(F)cccc1Cl. The summed E-state index contributed by atoms with van der Waals surface area (Å²) in [6.45, 7) is 2.35. The van der Waals surface area contributed by atoms with E-state index in [0.717, 1.165) is 4.47 Å². The molecule has 1 unspecified atom stereocenters. The molecule has 1 atom stereocenters. The van der Waals surface area contributed by atoms with Crippen molar-refractivity contribution in [3.05, 3.63) is 62.8 Å². The number of halogens is 3. The predicted octanol–water partition coefficient (Wildman–Crippen LogP) is 4.92. The lowest BCUT2D eigenvalue weighted by molar-refractivity contribution is 0.171. The van der Waals surface area contributed by atoms with E-state index in [-0.39, 0.29) is 6.42 Å². The van der Waals surface area contributed by atoms with Gasteiger partial charge in [0, 0.05) is 27.0 Å². The maximum Gasteiger partial charge on any atom is 0.127 e. The molecule has 2 rings (SSSR count). The molecule has 0 spiro atoms. The first-order valence-corrected chi connectivity index (χ1v) is 7.73. The molecule has 0 fully saturated rings. The minimum absolute atomic E-state index is 0.0854. The van der Waals surface area contributed by atoms with Gasteiger partial charge < -0.3 is 9.84 Å². The van der Waals surface area contributed by atoms with Crippen LogP contribution in [-0.2, 0) is 6.42 Å². The Balaban J connectivity index is 2.32. The number of hydrogen-bond donors (Lipinski definition) is 1. The van der Waals surface area contributed by atoms with Crippen molar-refractivity contribution in [2.75, 3.05) is 6.61 Å². The molecule has 0 heterocycles. The van der Waals surface area contributed by atoms with E-state index in [0.29, 0.717) is 28.5 Å². The van der Waals surface area contributed by atoms with E-state index in [1.54, 1.807) is 18.2 Å². The highest BCUT2D eigenvalue weighted by Crippen LogP contribution is 2.32. The summed E-state index contributed by atoms with van der Waals surface area (Å²) in [4.78, 5) is 0. The third-order valence-electron chi connectivity index (χ3n) is 3.09. The van der Waals surface area contributed by atoms with Crippen LogP contribution in [0.2, 0.25) is 5.02 Å². The van der Waals surface area contributed by atoms with Gasteiger partial charge in [-0.3, -0.25) is 0 Å². The molecule has 1 N–H and O–H groups in total. The number of aliphatic hydroxyl groups excluding tert-OH is 1. The summed E-state index contributed by atoms with van der Waals surface area (Å²) in [5, 5.41) is 10.7. The van der Waals surface area contributed by atoms with Gasteiger partial charge in [-0.05, 0) is 37.3 Å². The summed E-state index contributed by atoms with van der Waals surface area (Å²) in [7, 11) is 0. The van der Waals surface area contributed by atoms with Crippen molar-refractivity contribution in [3.63, 3.8) is 0 Å². The van der Waals surface area contributed by atoms with E-state index in [2.05, 4.69) is 15.9 Å². The molecule has 0 saturated carbocycles. The summed E-state index contributed by atoms with van der Waals surface area (Å²) >= 11 is 9.36. The highest BCUT2D eigenvalue weighted by Gasteiger charge is 2.18. The quantitative estimate of drug-likeness (QED) is 0.806. The second-order valence-corrected chi connectivity index (χ2v) is 5.86. The molecule has 0 aliphatic rings. The topological polar surface area (TPSA) is 29.5 Å². The van der Waals surface area contributed by atoms with Crippen molar-refractivity contribution < 1.29 is 14.2 Å². The van der Waals surface area contributed by atoms with Crippen LogP contribution in [0.1, 0.15) is 24.2 Å². The fraction of sp³-hybridized carbons (Fsp3) is 0.250. The number of hydrogen-bond acceptors (Lipinski definition) is 2. The first-order chi connectivity index (χ1) is 10.0. The lowest BCUT2D eigenvalue weighted by atomic mass is 10.00. The first kappa shape index (κ1) is 16.3. The second kappa shape index (κ2) is 7.25. The first-order valence-electron chi connectivity index (χ1n) is 6.56. The van der Waals surface area contributed by atoms with Gasteiger partial charge in [-0.2, -0.15) is 0 Å². The van der Waals surface area contributed by atoms with Crippen LogP contribution in [0.5, 0.6) is 5.75 Å². The Morgan fingerprint density at radius 2 is 2.10 bits per heavy atom. The molecule has 2 nitrogen and oxygen atoms in total. The molecule has 0 bridgehead atoms. The molecule has 0 aliphatic heterocycles. The largest absolute Gasteiger partial charge is 0.493 e. The van der Waals surface area contributed by atoms with Gasteiger partial charge in [0.2, 0.25) is 0 Å². The Bertz CT molecular complexity index is 613. The zero-order valence-corrected chi connectivity index (χ0v) is 13.8. The van der Waals surface area contributed by atoms with Crippen LogP contribution in [0.3, 0.4) is 0 Å². The minimum atomic E-state index is -0.904. The maximum atomic E-state index is 13.8. The lowest BCUT2D eigenvalue weighted by Gasteiger charge is -2.17.